The van der Waals surface area contributed by atoms with Crippen LogP contribution in [0.3, 0.4) is 0 Å². The minimum absolute atomic E-state index is 0.132. The van der Waals surface area contributed by atoms with Gasteiger partial charge in [0.2, 0.25) is 0 Å². The summed E-state index contributed by atoms with van der Waals surface area (Å²) in [5.74, 6) is 0. The summed E-state index contributed by atoms with van der Waals surface area (Å²) in [7, 11) is -1.43. The summed E-state index contributed by atoms with van der Waals surface area (Å²) in [5.41, 5.74) is 0.132. The molecule has 0 nitrogen and oxygen atoms in total. The molecule has 0 aromatic heterocycles. The SMILES string of the molecule is CC(C)[P@](F)c1ccccc1. The van der Waals surface area contributed by atoms with Crippen LogP contribution < -0.4 is 5.30 Å². The van der Waals surface area contributed by atoms with Gasteiger partial charge in [0.15, 0.2) is 0 Å². The van der Waals surface area contributed by atoms with Crippen LogP contribution in [0.1, 0.15) is 13.8 Å². The summed E-state index contributed by atoms with van der Waals surface area (Å²) in [6.45, 7) is 3.83. The Labute approximate surface area is 68.3 Å². The van der Waals surface area contributed by atoms with Gasteiger partial charge in [-0.05, 0) is 0 Å². The minimum atomic E-state index is -1.43. The Kier molecular flexibility index (Phi) is 3.02. The Bertz CT molecular complexity index is 208. The van der Waals surface area contributed by atoms with Crippen LogP contribution >= 0.6 is 8.23 Å². The van der Waals surface area contributed by atoms with Gasteiger partial charge in [0.1, 0.15) is 8.23 Å². The predicted molar refractivity (Wildman–Crippen MR) is 49.2 cm³/mol. The van der Waals surface area contributed by atoms with Crippen LogP contribution in [0.25, 0.3) is 0 Å². The van der Waals surface area contributed by atoms with Crippen molar-refractivity contribution in [2.24, 2.45) is 0 Å². The molecule has 1 rings (SSSR count). The number of hydrogen-bond donors (Lipinski definition) is 0. The van der Waals surface area contributed by atoms with Gasteiger partial charge in [0, 0.05) is 11.0 Å². The standard InChI is InChI=1S/C9H12FP/c1-8(2)11(10)9-6-4-3-5-7-9/h3-8H,1-2H3/t11-/m0/s1. The van der Waals surface area contributed by atoms with Crippen molar-refractivity contribution in [3.63, 3.8) is 0 Å². The van der Waals surface area contributed by atoms with Crippen molar-refractivity contribution in [3.8, 4) is 0 Å². The first kappa shape index (κ1) is 8.67. The van der Waals surface area contributed by atoms with Crippen molar-refractivity contribution < 1.29 is 4.20 Å². The highest BCUT2D eigenvalue weighted by Crippen LogP contribution is 2.40. The number of halogens is 1. The van der Waals surface area contributed by atoms with Gasteiger partial charge in [-0.25, -0.2) is 4.20 Å². The van der Waals surface area contributed by atoms with Crippen molar-refractivity contribution in [2.45, 2.75) is 19.5 Å². The largest absolute Gasteiger partial charge is 0.222 e. The first-order valence-corrected chi connectivity index (χ1v) is 5.02. The maximum atomic E-state index is 13.3. The summed E-state index contributed by atoms with van der Waals surface area (Å²) < 4.78 is 13.3. The van der Waals surface area contributed by atoms with Gasteiger partial charge < -0.3 is 0 Å². The fourth-order valence-electron chi connectivity index (χ4n) is 0.869. The molecule has 0 aliphatic carbocycles. The van der Waals surface area contributed by atoms with E-state index in [0.717, 1.165) is 5.30 Å². The lowest BCUT2D eigenvalue weighted by molar-refractivity contribution is 0.865. The second kappa shape index (κ2) is 3.82. The molecule has 1 atom stereocenters. The zero-order chi connectivity index (χ0) is 8.27. The van der Waals surface area contributed by atoms with Gasteiger partial charge in [0.25, 0.3) is 0 Å². The second-order valence-electron chi connectivity index (χ2n) is 2.74. The van der Waals surface area contributed by atoms with Crippen LogP contribution in [-0.2, 0) is 0 Å². The normalized spacial score (nSPS) is 13.5. The molecular weight excluding hydrogens is 158 g/mol. The summed E-state index contributed by atoms with van der Waals surface area (Å²) in [6, 6.07) is 9.38. The van der Waals surface area contributed by atoms with E-state index in [1.54, 1.807) is 0 Å². The Morgan fingerprint density at radius 2 is 1.73 bits per heavy atom. The number of benzene rings is 1. The van der Waals surface area contributed by atoms with Gasteiger partial charge in [-0.1, -0.05) is 44.2 Å². The van der Waals surface area contributed by atoms with E-state index in [4.69, 9.17) is 0 Å². The molecule has 0 spiro atoms. The molecule has 0 fully saturated rings. The van der Waals surface area contributed by atoms with Crippen LogP contribution in [0.4, 0.5) is 4.20 Å². The molecule has 0 amide bonds. The molecule has 0 heterocycles. The van der Waals surface area contributed by atoms with Crippen molar-refractivity contribution in [1.82, 2.24) is 0 Å². The monoisotopic (exact) mass is 170 g/mol. The quantitative estimate of drug-likeness (QED) is 0.598. The highest BCUT2D eigenvalue weighted by Gasteiger charge is 2.13. The Balaban J connectivity index is 2.77. The van der Waals surface area contributed by atoms with Crippen molar-refractivity contribution >= 4 is 13.5 Å². The van der Waals surface area contributed by atoms with Gasteiger partial charge in [-0.3, -0.25) is 0 Å². The smallest absolute Gasteiger partial charge is 0.115 e. The first-order chi connectivity index (χ1) is 5.22. The molecule has 0 N–H and O–H groups in total. The van der Waals surface area contributed by atoms with Gasteiger partial charge in [-0.2, -0.15) is 0 Å². The molecule has 0 radical (unpaired) electrons. The fourth-order valence-corrected chi connectivity index (χ4v) is 1.92. The van der Waals surface area contributed by atoms with E-state index in [2.05, 4.69) is 0 Å². The average Bonchev–Trinajstić information content (AvgIpc) is 2.05. The third-order valence-electron chi connectivity index (χ3n) is 1.46. The van der Waals surface area contributed by atoms with Crippen molar-refractivity contribution in [1.29, 1.82) is 0 Å². The summed E-state index contributed by atoms with van der Waals surface area (Å²) >= 11 is 0. The molecule has 0 aliphatic heterocycles. The maximum Gasteiger partial charge on any atom is 0.115 e. The highest BCUT2D eigenvalue weighted by molar-refractivity contribution is 7.61. The molecule has 1 aromatic rings. The van der Waals surface area contributed by atoms with Crippen LogP contribution in [0.5, 0.6) is 0 Å². The third kappa shape index (κ3) is 2.27. The lowest BCUT2D eigenvalue weighted by atomic mass is 10.4. The Morgan fingerprint density at radius 3 is 2.18 bits per heavy atom. The molecule has 0 aliphatic rings. The Morgan fingerprint density at radius 1 is 1.18 bits per heavy atom. The zero-order valence-electron chi connectivity index (χ0n) is 6.79. The van der Waals surface area contributed by atoms with Crippen molar-refractivity contribution in [3.05, 3.63) is 30.3 Å². The molecular formula is C9H12FP. The van der Waals surface area contributed by atoms with E-state index >= 15 is 0 Å². The highest BCUT2D eigenvalue weighted by atomic mass is 31.2. The number of rotatable bonds is 2. The van der Waals surface area contributed by atoms with E-state index in [-0.39, 0.29) is 5.66 Å². The Hall–Kier alpha value is -0.420. The lowest BCUT2D eigenvalue weighted by Gasteiger charge is -2.10. The van der Waals surface area contributed by atoms with Crippen LogP contribution in [0.2, 0.25) is 0 Å². The van der Waals surface area contributed by atoms with Crippen LogP contribution in [0.15, 0.2) is 30.3 Å². The average molecular weight is 170 g/mol. The first-order valence-electron chi connectivity index (χ1n) is 3.72. The topological polar surface area (TPSA) is 0 Å². The van der Waals surface area contributed by atoms with Crippen LogP contribution in [0, 0.1) is 0 Å². The predicted octanol–water partition coefficient (Wildman–Crippen LogP) is 3.09. The summed E-state index contributed by atoms with van der Waals surface area (Å²) in [5, 5.41) is 0.845. The van der Waals surface area contributed by atoms with E-state index in [9.17, 15) is 4.20 Å². The van der Waals surface area contributed by atoms with Crippen molar-refractivity contribution in [2.75, 3.05) is 0 Å². The fraction of sp³-hybridized carbons (Fsp3) is 0.333. The summed E-state index contributed by atoms with van der Waals surface area (Å²) in [6.07, 6.45) is 0. The molecule has 0 bridgehead atoms. The third-order valence-corrected chi connectivity index (χ3v) is 3.15. The van der Waals surface area contributed by atoms with Gasteiger partial charge in [-0.15, -0.1) is 0 Å². The molecule has 2 heteroatoms. The lowest BCUT2D eigenvalue weighted by Crippen LogP contribution is -2.03. The molecule has 60 valence electrons. The zero-order valence-corrected chi connectivity index (χ0v) is 7.68. The minimum Gasteiger partial charge on any atom is -0.222 e. The molecule has 0 saturated carbocycles. The molecule has 0 saturated heterocycles. The van der Waals surface area contributed by atoms with E-state index in [1.807, 2.05) is 44.2 Å². The summed E-state index contributed by atoms with van der Waals surface area (Å²) in [4.78, 5) is 0. The second-order valence-corrected chi connectivity index (χ2v) is 4.91. The van der Waals surface area contributed by atoms with E-state index in [1.165, 1.54) is 0 Å². The van der Waals surface area contributed by atoms with Gasteiger partial charge >= 0.3 is 0 Å². The van der Waals surface area contributed by atoms with E-state index < -0.39 is 8.23 Å². The molecule has 0 unspecified atom stereocenters. The maximum absolute atomic E-state index is 13.3. The number of hydrogen-bond acceptors (Lipinski definition) is 0. The van der Waals surface area contributed by atoms with E-state index in [0.29, 0.717) is 0 Å². The molecule has 11 heavy (non-hydrogen) atoms. The molecule has 1 aromatic carbocycles. The van der Waals surface area contributed by atoms with Gasteiger partial charge in [0.05, 0.1) is 0 Å². The van der Waals surface area contributed by atoms with Crippen LogP contribution in [-0.4, -0.2) is 5.66 Å².